The number of esters is 2. The second kappa shape index (κ2) is 10.4. The topological polar surface area (TPSA) is 78.6 Å². The molecule has 0 saturated carbocycles. The Bertz CT molecular complexity index is 236. The third kappa shape index (κ3) is 9.00. The van der Waals surface area contributed by atoms with Crippen molar-refractivity contribution in [3.05, 3.63) is 0 Å². The summed E-state index contributed by atoms with van der Waals surface area (Å²) in [5.41, 5.74) is 5.62. The molecule has 2 N–H and O–H groups in total. The van der Waals surface area contributed by atoms with E-state index in [9.17, 15) is 9.59 Å². The maximum Gasteiger partial charge on any atom is 0.322 e. The van der Waals surface area contributed by atoms with E-state index in [1.807, 2.05) is 0 Å². The van der Waals surface area contributed by atoms with Gasteiger partial charge in [-0.25, -0.2) is 0 Å². The largest absolute Gasteiger partial charge is 0.465 e. The molecule has 0 saturated heterocycles. The van der Waals surface area contributed by atoms with Gasteiger partial charge in [-0.2, -0.15) is 11.8 Å². The summed E-state index contributed by atoms with van der Waals surface area (Å²) in [7, 11) is 0. The maximum absolute atomic E-state index is 11.2. The third-order valence-corrected chi connectivity index (χ3v) is 2.94. The molecule has 0 aromatic rings. The van der Waals surface area contributed by atoms with Crippen LogP contribution in [0.25, 0.3) is 0 Å². The number of ether oxygens (including phenoxy) is 2. The molecule has 0 spiro atoms. The lowest BCUT2D eigenvalue weighted by molar-refractivity contribution is -0.145. The number of hydrogen-bond acceptors (Lipinski definition) is 6. The normalized spacial score (nSPS) is 11.9. The molecule has 1 unspecified atom stereocenters. The summed E-state index contributed by atoms with van der Waals surface area (Å²) in [5, 5.41) is 0. The number of nitrogens with two attached hydrogens (primary N) is 1. The Balaban J connectivity index is 3.45. The molecule has 0 aliphatic carbocycles. The van der Waals surface area contributed by atoms with E-state index in [1.165, 1.54) is 11.8 Å². The first-order chi connectivity index (χ1) is 8.11. The summed E-state index contributed by atoms with van der Waals surface area (Å²) >= 11 is 1.49. The van der Waals surface area contributed by atoms with Gasteiger partial charge in [0.2, 0.25) is 0 Å². The van der Waals surface area contributed by atoms with Gasteiger partial charge in [0.1, 0.15) is 6.04 Å². The molecule has 0 aromatic carbocycles. The molecule has 5 nitrogen and oxygen atoms in total. The highest BCUT2D eigenvalue weighted by Crippen LogP contribution is 2.07. The van der Waals surface area contributed by atoms with E-state index in [0.29, 0.717) is 25.4 Å². The standard InChI is InChI=1S/C11H21NO4S/c1-3-15-10(13)8-17-7-5-6-9(12)11(14)16-4-2/h9H,3-8,12H2,1-2H3. The van der Waals surface area contributed by atoms with E-state index in [2.05, 4.69) is 0 Å². The Morgan fingerprint density at radius 2 is 1.88 bits per heavy atom. The molecule has 0 aliphatic rings. The molecule has 0 amide bonds. The first kappa shape index (κ1) is 16.2. The van der Waals surface area contributed by atoms with Crippen LogP contribution in [-0.2, 0) is 19.1 Å². The summed E-state index contributed by atoms with van der Waals surface area (Å²) in [6.45, 7) is 4.29. The van der Waals surface area contributed by atoms with Crippen molar-refractivity contribution in [1.82, 2.24) is 0 Å². The average molecular weight is 263 g/mol. The van der Waals surface area contributed by atoms with Crippen molar-refractivity contribution in [1.29, 1.82) is 0 Å². The molecule has 0 aliphatic heterocycles. The molecular weight excluding hydrogens is 242 g/mol. The lowest BCUT2D eigenvalue weighted by Gasteiger charge is -2.09. The van der Waals surface area contributed by atoms with Gasteiger partial charge in [0, 0.05) is 0 Å². The molecule has 1 atom stereocenters. The number of carbonyl (C=O) groups is 2. The van der Waals surface area contributed by atoms with Crippen LogP contribution in [0.3, 0.4) is 0 Å². The van der Waals surface area contributed by atoms with Crippen LogP contribution in [0.1, 0.15) is 26.7 Å². The zero-order valence-corrected chi connectivity index (χ0v) is 11.3. The van der Waals surface area contributed by atoms with Gasteiger partial charge in [0.25, 0.3) is 0 Å². The van der Waals surface area contributed by atoms with Crippen LogP contribution in [-0.4, -0.2) is 42.7 Å². The van der Waals surface area contributed by atoms with Gasteiger partial charge >= 0.3 is 11.9 Å². The van der Waals surface area contributed by atoms with Gasteiger partial charge < -0.3 is 15.2 Å². The summed E-state index contributed by atoms with van der Waals surface area (Å²) in [5.74, 6) is 0.573. The van der Waals surface area contributed by atoms with Gasteiger partial charge in [-0.1, -0.05) is 0 Å². The summed E-state index contributed by atoms with van der Waals surface area (Å²) in [4.78, 5) is 22.2. The molecule has 6 heteroatoms. The summed E-state index contributed by atoms with van der Waals surface area (Å²) in [6, 6.07) is -0.557. The van der Waals surface area contributed by atoms with Gasteiger partial charge in [-0.05, 0) is 32.4 Å². The van der Waals surface area contributed by atoms with Crippen molar-refractivity contribution >= 4 is 23.7 Å². The first-order valence-electron chi connectivity index (χ1n) is 5.77. The molecule has 0 bridgehead atoms. The molecule has 17 heavy (non-hydrogen) atoms. The minimum atomic E-state index is -0.557. The van der Waals surface area contributed by atoms with Crippen molar-refractivity contribution in [2.24, 2.45) is 5.73 Å². The summed E-state index contributed by atoms with van der Waals surface area (Å²) < 4.78 is 9.57. The maximum atomic E-state index is 11.2. The van der Waals surface area contributed by atoms with Crippen molar-refractivity contribution in [2.45, 2.75) is 32.7 Å². The highest BCUT2D eigenvalue weighted by atomic mass is 32.2. The number of hydrogen-bond donors (Lipinski definition) is 1. The predicted octanol–water partition coefficient (Wildman–Crippen LogP) is 0.953. The zero-order valence-electron chi connectivity index (χ0n) is 10.4. The second-order valence-electron chi connectivity index (χ2n) is 3.36. The predicted molar refractivity (Wildman–Crippen MR) is 67.8 cm³/mol. The Labute approximate surface area is 106 Å². The van der Waals surface area contributed by atoms with Crippen LogP contribution in [0.15, 0.2) is 0 Å². The number of rotatable bonds is 9. The van der Waals surface area contributed by atoms with Crippen LogP contribution < -0.4 is 5.73 Å². The Hall–Kier alpha value is -0.750. The van der Waals surface area contributed by atoms with Gasteiger partial charge in [-0.15, -0.1) is 0 Å². The van der Waals surface area contributed by atoms with E-state index in [4.69, 9.17) is 15.2 Å². The fourth-order valence-corrected chi connectivity index (χ4v) is 1.90. The first-order valence-corrected chi connectivity index (χ1v) is 6.92. The molecule has 0 radical (unpaired) electrons. The molecule has 0 fully saturated rings. The Morgan fingerprint density at radius 1 is 1.24 bits per heavy atom. The highest BCUT2D eigenvalue weighted by molar-refractivity contribution is 7.99. The van der Waals surface area contributed by atoms with Gasteiger partial charge in [0.15, 0.2) is 0 Å². The molecule has 0 rings (SSSR count). The van der Waals surface area contributed by atoms with Gasteiger partial charge in [0.05, 0.1) is 19.0 Å². The number of thioether (sulfide) groups is 1. The summed E-state index contributed by atoms with van der Waals surface area (Å²) in [6.07, 6.45) is 1.36. The minimum Gasteiger partial charge on any atom is -0.465 e. The van der Waals surface area contributed by atoms with E-state index in [0.717, 1.165) is 12.2 Å². The van der Waals surface area contributed by atoms with Crippen molar-refractivity contribution in [2.75, 3.05) is 24.7 Å². The Morgan fingerprint density at radius 3 is 2.47 bits per heavy atom. The van der Waals surface area contributed by atoms with E-state index in [-0.39, 0.29) is 11.9 Å². The van der Waals surface area contributed by atoms with Gasteiger partial charge in [-0.3, -0.25) is 9.59 Å². The fraction of sp³-hybridized carbons (Fsp3) is 0.818. The number of carbonyl (C=O) groups excluding carboxylic acids is 2. The van der Waals surface area contributed by atoms with E-state index >= 15 is 0 Å². The smallest absolute Gasteiger partial charge is 0.322 e. The average Bonchev–Trinajstić information content (AvgIpc) is 2.29. The lowest BCUT2D eigenvalue weighted by atomic mass is 10.2. The van der Waals surface area contributed by atoms with Crippen LogP contribution in [0.4, 0.5) is 0 Å². The monoisotopic (exact) mass is 263 g/mol. The molecule has 0 heterocycles. The van der Waals surface area contributed by atoms with Crippen molar-refractivity contribution in [3.8, 4) is 0 Å². The van der Waals surface area contributed by atoms with Crippen molar-refractivity contribution in [3.63, 3.8) is 0 Å². The van der Waals surface area contributed by atoms with Crippen molar-refractivity contribution < 1.29 is 19.1 Å². The zero-order chi connectivity index (χ0) is 13.1. The fourth-order valence-electron chi connectivity index (χ4n) is 1.13. The SMILES string of the molecule is CCOC(=O)CSCCCC(N)C(=O)OCC. The van der Waals surface area contributed by atoms with Crippen LogP contribution in [0.5, 0.6) is 0 Å². The minimum absolute atomic E-state index is 0.202. The Kier molecular flexibility index (Phi) is 9.95. The van der Waals surface area contributed by atoms with Crippen LogP contribution >= 0.6 is 11.8 Å². The van der Waals surface area contributed by atoms with E-state index < -0.39 is 6.04 Å². The van der Waals surface area contributed by atoms with Crippen LogP contribution in [0.2, 0.25) is 0 Å². The highest BCUT2D eigenvalue weighted by Gasteiger charge is 2.13. The lowest BCUT2D eigenvalue weighted by Crippen LogP contribution is -2.32. The third-order valence-electron chi connectivity index (χ3n) is 1.92. The van der Waals surface area contributed by atoms with E-state index in [1.54, 1.807) is 13.8 Å². The second-order valence-corrected chi connectivity index (χ2v) is 4.46. The molecule has 100 valence electrons. The quantitative estimate of drug-likeness (QED) is 0.493. The molecule has 0 aromatic heterocycles. The molecular formula is C11H21NO4S. The van der Waals surface area contributed by atoms with Crippen LogP contribution in [0, 0.1) is 0 Å².